The van der Waals surface area contributed by atoms with Gasteiger partial charge < -0.3 is 25.5 Å². The molecule has 0 unspecified atom stereocenters. The first-order valence-electron chi connectivity index (χ1n) is 10.2. The van der Waals surface area contributed by atoms with E-state index in [0.717, 1.165) is 25.0 Å². The number of methoxy groups -OCH3 is 2. The molecule has 1 saturated carbocycles. The summed E-state index contributed by atoms with van der Waals surface area (Å²) in [5, 5.41) is 25.8. The molecule has 0 atom stereocenters. The van der Waals surface area contributed by atoms with E-state index in [-0.39, 0.29) is 34.1 Å². The van der Waals surface area contributed by atoms with Gasteiger partial charge in [0.15, 0.2) is 5.82 Å². The first kappa shape index (κ1) is 23.2. The van der Waals surface area contributed by atoms with Gasteiger partial charge in [0.1, 0.15) is 16.5 Å². The molecule has 3 N–H and O–H groups in total. The number of hydrogen-bond donors (Lipinski definition) is 3. The van der Waals surface area contributed by atoms with Crippen LogP contribution in [0.2, 0.25) is 5.02 Å². The number of halogens is 2. The van der Waals surface area contributed by atoms with E-state index < -0.39 is 16.4 Å². The number of hydrogen-bond acceptors (Lipinski definition) is 9. The molecule has 176 valence electrons. The Kier molecular flexibility index (Phi) is 6.46. The second-order valence-corrected chi connectivity index (χ2v) is 7.91. The zero-order chi connectivity index (χ0) is 24.4. The first-order valence-corrected chi connectivity index (χ1v) is 10.5. The van der Waals surface area contributed by atoms with Gasteiger partial charge in [-0.25, -0.2) is 4.98 Å². The van der Waals surface area contributed by atoms with E-state index >= 15 is 0 Å². The van der Waals surface area contributed by atoms with Crippen molar-refractivity contribution in [2.75, 3.05) is 24.9 Å². The van der Waals surface area contributed by atoms with Crippen LogP contribution in [0.15, 0.2) is 36.5 Å². The number of aromatic nitrogens is 2. The van der Waals surface area contributed by atoms with Crippen molar-refractivity contribution in [3.63, 3.8) is 0 Å². The van der Waals surface area contributed by atoms with E-state index in [1.165, 1.54) is 13.3 Å². The van der Waals surface area contributed by atoms with Crippen molar-refractivity contribution >= 4 is 46.1 Å². The SMILES string of the molecule is COc1ccc(Nc2nc(Nc3cc([N+](=O)[O-])c(F)cc3OC)ncc2Cl)c(C(=N)C2CC2)c1. The van der Waals surface area contributed by atoms with Crippen LogP contribution in [0, 0.1) is 27.3 Å². The van der Waals surface area contributed by atoms with Crippen LogP contribution >= 0.6 is 11.6 Å². The van der Waals surface area contributed by atoms with E-state index in [9.17, 15) is 14.5 Å². The van der Waals surface area contributed by atoms with Gasteiger partial charge in [-0.15, -0.1) is 0 Å². The van der Waals surface area contributed by atoms with Crippen LogP contribution in [-0.2, 0) is 0 Å². The first-order chi connectivity index (χ1) is 16.3. The van der Waals surface area contributed by atoms with Gasteiger partial charge in [0.25, 0.3) is 0 Å². The van der Waals surface area contributed by atoms with Gasteiger partial charge in [-0.2, -0.15) is 9.37 Å². The minimum absolute atomic E-state index is 0.0338. The summed E-state index contributed by atoms with van der Waals surface area (Å²) in [6.45, 7) is 0. The number of benzene rings is 2. The third-order valence-corrected chi connectivity index (χ3v) is 5.49. The maximum atomic E-state index is 13.9. The molecule has 4 rings (SSSR count). The van der Waals surface area contributed by atoms with E-state index in [1.807, 2.05) is 0 Å². The van der Waals surface area contributed by atoms with E-state index in [1.54, 1.807) is 25.3 Å². The summed E-state index contributed by atoms with van der Waals surface area (Å²) in [5.74, 6) is 0.103. The molecule has 10 nitrogen and oxygen atoms in total. The molecule has 1 aromatic heterocycles. The van der Waals surface area contributed by atoms with Gasteiger partial charge in [-0.3, -0.25) is 10.1 Å². The fourth-order valence-electron chi connectivity index (χ4n) is 3.29. The summed E-state index contributed by atoms with van der Waals surface area (Å²) in [4.78, 5) is 18.7. The van der Waals surface area contributed by atoms with Crippen molar-refractivity contribution in [3.8, 4) is 11.5 Å². The van der Waals surface area contributed by atoms with Crippen LogP contribution in [0.25, 0.3) is 0 Å². The molecule has 2 aromatic carbocycles. The minimum atomic E-state index is -1.03. The molecule has 0 spiro atoms. The Morgan fingerprint density at radius 1 is 1.21 bits per heavy atom. The average Bonchev–Trinajstić information content (AvgIpc) is 3.67. The van der Waals surface area contributed by atoms with Crippen LogP contribution in [0.3, 0.4) is 0 Å². The Bertz CT molecular complexity index is 1280. The molecule has 0 aliphatic heterocycles. The highest BCUT2D eigenvalue weighted by molar-refractivity contribution is 6.33. The number of nitrogens with zero attached hydrogens (tertiary/aromatic N) is 3. The lowest BCUT2D eigenvalue weighted by molar-refractivity contribution is -0.387. The monoisotopic (exact) mass is 486 g/mol. The highest BCUT2D eigenvalue weighted by Crippen LogP contribution is 2.38. The second kappa shape index (κ2) is 9.48. The Morgan fingerprint density at radius 2 is 1.97 bits per heavy atom. The maximum Gasteiger partial charge on any atom is 0.307 e. The molecule has 1 aliphatic carbocycles. The van der Waals surface area contributed by atoms with Crippen LogP contribution in [-0.4, -0.2) is 34.8 Å². The quantitative estimate of drug-likeness (QED) is 0.206. The highest BCUT2D eigenvalue weighted by atomic mass is 35.5. The predicted molar refractivity (Wildman–Crippen MR) is 126 cm³/mol. The van der Waals surface area contributed by atoms with Gasteiger partial charge in [-0.05, 0) is 31.0 Å². The highest BCUT2D eigenvalue weighted by Gasteiger charge is 2.29. The molecular formula is C22H20ClFN6O4. The van der Waals surface area contributed by atoms with Gasteiger partial charge in [-0.1, -0.05) is 11.6 Å². The van der Waals surface area contributed by atoms with Crippen molar-refractivity contribution in [1.82, 2.24) is 9.97 Å². The number of nitro benzene ring substituents is 1. The lowest BCUT2D eigenvalue weighted by Gasteiger charge is -2.16. The van der Waals surface area contributed by atoms with Gasteiger partial charge in [0.2, 0.25) is 11.8 Å². The van der Waals surface area contributed by atoms with Crippen LogP contribution in [0.4, 0.5) is 33.2 Å². The van der Waals surface area contributed by atoms with Crippen molar-refractivity contribution in [1.29, 1.82) is 5.41 Å². The predicted octanol–water partition coefficient (Wildman–Crippen LogP) is 5.46. The van der Waals surface area contributed by atoms with Gasteiger partial charge >= 0.3 is 5.69 Å². The molecule has 0 radical (unpaired) electrons. The number of nitro groups is 1. The second-order valence-electron chi connectivity index (χ2n) is 7.50. The number of ether oxygens (including phenoxy) is 2. The topological polar surface area (TPSA) is 135 Å². The maximum absolute atomic E-state index is 13.9. The molecule has 0 saturated heterocycles. The Hall–Kier alpha value is -3.99. The van der Waals surface area contributed by atoms with Crippen molar-refractivity contribution in [3.05, 3.63) is 63.0 Å². The van der Waals surface area contributed by atoms with Crippen LogP contribution in [0.1, 0.15) is 18.4 Å². The summed E-state index contributed by atoms with van der Waals surface area (Å²) in [6, 6.07) is 7.20. The number of nitrogens with one attached hydrogen (secondary N) is 3. The smallest absolute Gasteiger partial charge is 0.307 e. The third-order valence-electron chi connectivity index (χ3n) is 5.21. The van der Waals surface area contributed by atoms with E-state index in [0.29, 0.717) is 22.7 Å². The van der Waals surface area contributed by atoms with E-state index in [4.69, 9.17) is 26.5 Å². The largest absolute Gasteiger partial charge is 0.497 e. The zero-order valence-electron chi connectivity index (χ0n) is 18.2. The lowest BCUT2D eigenvalue weighted by Crippen LogP contribution is -2.08. The summed E-state index contributed by atoms with van der Waals surface area (Å²) >= 11 is 6.30. The summed E-state index contributed by atoms with van der Waals surface area (Å²) in [6.07, 6.45) is 3.27. The molecule has 1 aliphatic rings. The number of anilines is 4. The Morgan fingerprint density at radius 3 is 2.62 bits per heavy atom. The molecule has 34 heavy (non-hydrogen) atoms. The summed E-state index contributed by atoms with van der Waals surface area (Å²) in [7, 11) is 2.86. The van der Waals surface area contributed by atoms with Crippen LogP contribution in [0.5, 0.6) is 11.5 Å². The molecule has 1 fully saturated rings. The van der Waals surface area contributed by atoms with Gasteiger partial charge in [0, 0.05) is 35.0 Å². The molecule has 1 heterocycles. The van der Waals surface area contributed by atoms with Crippen molar-refractivity contribution < 1.29 is 18.8 Å². The summed E-state index contributed by atoms with van der Waals surface area (Å²) in [5.41, 5.74) is 1.15. The van der Waals surface area contributed by atoms with Crippen molar-refractivity contribution in [2.45, 2.75) is 12.8 Å². The van der Waals surface area contributed by atoms with Crippen LogP contribution < -0.4 is 20.1 Å². The molecule has 0 amide bonds. The molecular weight excluding hydrogens is 467 g/mol. The van der Waals surface area contributed by atoms with Gasteiger partial charge in [0.05, 0.1) is 31.0 Å². The average molecular weight is 487 g/mol. The molecule has 12 heteroatoms. The minimum Gasteiger partial charge on any atom is -0.497 e. The fraction of sp³-hybridized carbons (Fsp3) is 0.227. The standard InChI is InChI=1S/C22H20ClFN6O4/c1-33-12-5-6-16(13(7-12)20(25)11-3-4-11)27-21-14(23)10-26-22(29-21)28-17-9-18(30(31)32)15(24)8-19(17)34-2/h5-11,25H,3-4H2,1-2H3,(H2,26,27,28,29). The third kappa shape index (κ3) is 4.84. The Balaban J connectivity index is 1.66. The molecule has 3 aromatic rings. The van der Waals surface area contributed by atoms with E-state index in [2.05, 4.69) is 20.6 Å². The summed E-state index contributed by atoms with van der Waals surface area (Å²) < 4.78 is 24.4. The number of rotatable bonds is 9. The van der Waals surface area contributed by atoms with Crippen molar-refractivity contribution in [2.24, 2.45) is 5.92 Å². The zero-order valence-corrected chi connectivity index (χ0v) is 18.9. The molecule has 0 bridgehead atoms. The Labute approximate surface area is 198 Å². The fourth-order valence-corrected chi connectivity index (χ4v) is 3.43. The lowest BCUT2D eigenvalue weighted by atomic mass is 10.0. The normalized spacial score (nSPS) is 12.7.